The summed E-state index contributed by atoms with van der Waals surface area (Å²) in [7, 11) is 0. The predicted octanol–water partition coefficient (Wildman–Crippen LogP) is 3.93. The van der Waals surface area contributed by atoms with Gasteiger partial charge in [0.1, 0.15) is 5.82 Å². The van der Waals surface area contributed by atoms with Crippen LogP contribution < -0.4 is 5.32 Å². The maximum absolute atomic E-state index is 13.6. The lowest BCUT2D eigenvalue weighted by molar-refractivity contribution is -0.123. The fourth-order valence-corrected chi connectivity index (χ4v) is 2.08. The molecule has 0 saturated carbocycles. The van der Waals surface area contributed by atoms with Gasteiger partial charge < -0.3 is 14.8 Å². The highest BCUT2D eigenvalue weighted by Crippen LogP contribution is 2.14. The van der Waals surface area contributed by atoms with Crippen LogP contribution in [0.25, 0.3) is 0 Å². The van der Waals surface area contributed by atoms with Gasteiger partial charge in [0, 0.05) is 0 Å². The van der Waals surface area contributed by atoms with E-state index in [9.17, 15) is 14.0 Å². The fraction of sp³-hybridized carbons (Fsp3) is 0.300. The van der Waals surface area contributed by atoms with Gasteiger partial charge in [0.05, 0.1) is 24.0 Å². The Labute approximate surface area is 152 Å². The van der Waals surface area contributed by atoms with E-state index in [0.29, 0.717) is 12.2 Å². The van der Waals surface area contributed by atoms with Crippen molar-refractivity contribution in [2.75, 3.05) is 5.32 Å². The first kappa shape index (κ1) is 19.6. The molecule has 2 aromatic carbocycles. The molecular weight excluding hydrogens is 337 g/mol. The lowest BCUT2D eigenvalue weighted by Crippen LogP contribution is -2.30. The van der Waals surface area contributed by atoms with E-state index in [1.165, 1.54) is 25.1 Å². The second-order valence-electron chi connectivity index (χ2n) is 6.07. The third-order valence-corrected chi connectivity index (χ3v) is 3.56. The minimum Gasteiger partial charge on any atom is -0.449 e. The van der Waals surface area contributed by atoms with Crippen LogP contribution in [0.15, 0.2) is 48.5 Å². The van der Waals surface area contributed by atoms with E-state index < -0.39 is 23.8 Å². The van der Waals surface area contributed by atoms with Crippen LogP contribution in [0.4, 0.5) is 10.1 Å². The van der Waals surface area contributed by atoms with Gasteiger partial charge in [-0.15, -0.1) is 0 Å². The summed E-state index contributed by atoms with van der Waals surface area (Å²) in [4.78, 5) is 24.2. The Balaban J connectivity index is 1.91. The molecule has 0 bridgehead atoms. The molecular formula is C20H22FNO4. The third-order valence-electron chi connectivity index (χ3n) is 3.56. The number of anilines is 1. The largest absolute Gasteiger partial charge is 0.449 e. The van der Waals surface area contributed by atoms with E-state index in [2.05, 4.69) is 5.32 Å². The van der Waals surface area contributed by atoms with Gasteiger partial charge in [0.2, 0.25) is 0 Å². The molecule has 0 aromatic heterocycles. The molecule has 2 rings (SSSR count). The number of esters is 1. The summed E-state index contributed by atoms with van der Waals surface area (Å²) in [5, 5.41) is 2.40. The molecule has 0 spiro atoms. The van der Waals surface area contributed by atoms with Crippen LogP contribution in [-0.2, 0) is 20.9 Å². The zero-order valence-corrected chi connectivity index (χ0v) is 15.0. The standard InChI is InChI=1S/C20H22FNO4/c1-13(2)25-12-15-8-10-16(11-9-15)20(24)26-14(3)19(23)22-18-7-5-4-6-17(18)21/h4-11,13-14H,12H2,1-3H3,(H,22,23)/t14-/m0/s1. The Bertz CT molecular complexity index is 759. The molecule has 1 amide bonds. The zero-order chi connectivity index (χ0) is 19.1. The summed E-state index contributed by atoms with van der Waals surface area (Å²) in [5.74, 6) is -1.79. The Morgan fingerprint density at radius 2 is 1.69 bits per heavy atom. The average Bonchev–Trinajstić information content (AvgIpc) is 2.62. The van der Waals surface area contributed by atoms with E-state index >= 15 is 0 Å². The normalized spacial score (nSPS) is 11.9. The Hall–Kier alpha value is -2.73. The van der Waals surface area contributed by atoms with Crippen LogP contribution in [0.3, 0.4) is 0 Å². The first-order valence-corrected chi connectivity index (χ1v) is 8.33. The molecule has 0 radical (unpaired) electrons. The van der Waals surface area contributed by atoms with Crippen molar-refractivity contribution < 1.29 is 23.5 Å². The first-order chi connectivity index (χ1) is 12.4. The Kier molecular flexibility index (Phi) is 6.86. The van der Waals surface area contributed by atoms with E-state index in [1.807, 2.05) is 13.8 Å². The van der Waals surface area contributed by atoms with Crippen molar-refractivity contribution in [1.29, 1.82) is 0 Å². The molecule has 1 N–H and O–H groups in total. The second-order valence-corrected chi connectivity index (χ2v) is 6.07. The van der Waals surface area contributed by atoms with Crippen LogP contribution in [0.1, 0.15) is 36.7 Å². The monoisotopic (exact) mass is 359 g/mol. The molecule has 2 aromatic rings. The summed E-state index contributed by atoms with van der Waals surface area (Å²) in [6, 6.07) is 12.5. The Morgan fingerprint density at radius 1 is 1.04 bits per heavy atom. The van der Waals surface area contributed by atoms with Gasteiger partial charge in [-0.2, -0.15) is 0 Å². The number of nitrogens with one attached hydrogen (secondary N) is 1. The molecule has 0 saturated heterocycles. The highest BCUT2D eigenvalue weighted by molar-refractivity contribution is 5.97. The van der Waals surface area contributed by atoms with Crippen LogP contribution in [0, 0.1) is 5.82 Å². The number of benzene rings is 2. The smallest absolute Gasteiger partial charge is 0.338 e. The van der Waals surface area contributed by atoms with Crippen LogP contribution in [0.5, 0.6) is 0 Å². The number of para-hydroxylation sites is 1. The number of halogens is 1. The molecule has 138 valence electrons. The third kappa shape index (κ3) is 5.67. The predicted molar refractivity (Wildman–Crippen MR) is 96.3 cm³/mol. The van der Waals surface area contributed by atoms with Crippen molar-refractivity contribution in [3.63, 3.8) is 0 Å². The summed E-state index contributed by atoms with van der Waals surface area (Å²) >= 11 is 0. The topological polar surface area (TPSA) is 64.6 Å². The summed E-state index contributed by atoms with van der Waals surface area (Å²) in [6.07, 6.45) is -0.945. The van der Waals surface area contributed by atoms with Gasteiger partial charge in [-0.05, 0) is 50.6 Å². The van der Waals surface area contributed by atoms with Crippen molar-refractivity contribution in [3.05, 3.63) is 65.5 Å². The summed E-state index contributed by atoms with van der Waals surface area (Å²) in [5.41, 5.74) is 1.29. The molecule has 1 atom stereocenters. The van der Waals surface area contributed by atoms with E-state index in [1.54, 1.807) is 30.3 Å². The summed E-state index contributed by atoms with van der Waals surface area (Å²) in [6.45, 7) is 5.77. The molecule has 26 heavy (non-hydrogen) atoms. The van der Waals surface area contributed by atoms with E-state index in [4.69, 9.17) is 9.47 Å². The molecule has 0 aliphatic rings. The van der Waals surface area contributed by atoms with Gasteiger partial charge in [-0.3, -0.25) is 4.79 Å². The van der Waals surface area contributed by atoms with Gasteiger partial charge in [0.15, 0.2) is 6.10 Å². The van der Waals surface area contributed by atoms with Crippen LogP contribution >= 0.6 is 0 Å². The molecule has 0 heterocycles. The summed E-state index contributed by atoms with van der Waals surface area (Å²) < 4.78 is 24.2. The van der Waals surface area contributed by atoms with Crippen molar-refractivity contribution in [3.8, 4) is 0 Å². The average molecular weight is 359 g/mol. The molecule has 0 unspecified atom stereocenters. The van der Waals surface area contributed by atoms with Gasteiger partial charge >= 0.3 is 5.97 Å². The quantitative estimate of drug-likeness (QED) is 0.761. The highest BCUT2D eigenvalue weighted by Gasteiger charge is 2.20. The minimum absolute atomic E-state index is 0.0369. The van der Waals surface area contributed by atoms with Gasteiger partial charge in [-0.1, -0.05) is 24.3 Å². The van der Waals surface area contributed by atoms with E-state index in [-0.39, 0.29) is 11.8 Å². The maximum Gasteiger partial charge on any atom is 0.338 e. The number of rotatable bonds is 7. The van der Waals surface area contributed by atoms with Crippen molar-refractivity contribution in [1.82, 2.24) is 0 Å². The first-order valence-electron chi connectivity index (χ1n) is 8.33. The van der Waals surface area contributed by atoms with Crippen molar-refractivity contribution in [2.24, 2.45) is 0 Å². The lowest BCUT2D eigenvalue weighted by Gasteiger charge is -2.14. The number of hydrogen-bond acceptors (Lipinski definition) is 4. The molecule has 0 aliphatic heterocycles. The number of ether oxygens (including phenoxy) is 2. The van der Waals surface area contributed by atoms with Gasteiger partial charge in [0.25, 0.3) is 5.91 Å². The van der Waals surface area contributed by atoms with Crippen LogP contribution in [-0.4, -0.2) is 24.1 Å². The number of carbonyl (C=O) groups excluding carboxylic acids is 2. The maximum atomic E-state index is 13.6. The molecule has 0 fully saturated rings. The molecule has 6 heteroatoms. The minimum atomic E-state index is -1.06. The lowest BCUT2D eigenvalue weighted by atomic mass is 10.1. The Morgan fingerprint density at radius 3 is 2.31 bits per heavy atom. The zero-order valence-electron chi connectivity index (χ0n) is 15.0. The fourth-order valence-electron chi connectivity index (χ4n) is 2.08. The molecule has 5 nitrogen and oxygen atoms in total. The van der Waals surface area contributed by atoms with E-state index in [0.717, 1.165) is 5.56 Å². The number of amides is 1. The SMILES string of the molecule is CC(C)OCc1ccc(C(=O)O[C@@H](C)C(=O)Nc2ccccc2F)cc1. The molecule has 0 aliphatic carbocycles. The second kappa shape index (κ2) is 9.10. The van der Waals surface area contributed by atoms with Crippen molar-refractivity contribution >= 4 is 17.6 Å². The number of hydrogen-bond donors (Lipinski definition) is 1. The van der Waals surface area contributed by atoms with Crippen LogP contribution in [0.2, 0.25) is 0 Å². The highest BCUT2D eigenvalue weighted by atomic mass is 19.1. The van der Waals surface area contributed by atoms with Gasteiger partial charge in [-0.25, -0.2) is 9.18 Å². The number of carbonyl (C=O) groups is 2. The van der Waals surface area contributed by atoms with Crippen molar-refractivity contribution in [2.45, 2.75) is 39.6 Å².